The largest absolute Gasteiger partial charge is 0.381 e. The van der Waals surface area contributed by atoms with Gasteiger partial charge in [0.05, 0.1) is 0 Å². The maximum Gasteiger partial charge on any atom is 0.126 e. The Hall–Kier alpha value is -0.610. The molecule has 94 valence electrons. The number of hydrogen-bond donors (Lipinski definition) is 1. The minimum Gasteiger partial charge on any atom is -0.381 e. The van der Waals surface area contributed by atoms with Gasteiger partial charge in [0.2, 0.25) is 0 Å². The molecule has 2 heterocycles. The van der Waals surface area contributed by atoms with E-state index in [4.69, 9.17) is 4.74 Å². The van der Waals surface area contributed by atoms with Crippen LogP contribution in [-0.2, 0) is 4.74 Å². The van der Waals surface area contributed by atoms with Gasteiger partial charge in [-0.2, -0.15) is 0 Å². The zero-order chi connectivity index (χ0) is 12.3. The first-order chi connectivity index (χ1) is 8.16. The molecule has 1 aliphatic heterocycles. The van der Waals surface area contributed by atoms with E-state index >= 15 is 0 Å². The third-order valence-corrected chi connectivity index (χ3v) is 4.23. The molecule has 0 radical (unpaired) electrons. The second-order valence-electron chi connectivity index (χ2n) is 4.70. The van der Waals surface area contributed by atoms with Crippen LogP contribution in [0.25, 0.3) is 0 Å². The number of nitrogens with zero attached hydrogens (tertiary/aromatic N) is 1. The van der Waals surface area contributed by atoms with Crippen molar-refractivity contribution in [3.63, 3.8) is 0 Å². The molecule has 1 aromatic heterocycles. The standard InChI is InChI=1S/C13H19BrN2O/c1-9-7-13(15-8-12(9)14)16-10(2)11-3-5-17-6-4-11/h7-8,10-11H,3-6H2,1-2H3,(H,15,16). The Labute approximate surface area is 111 Å². The highest BCUT2D eigenvalue weighted by molar-refractivity contribution is 9.10. The van der Waals surface area contributed by atoms with Gasteiger partial charge >= 0.3 is 0 Å². The molecule has 2 rings (SSSR count). The van der Waals surface area contributed by atoms with Crippen LogP contribution in [0.3, 0.4) is 0 Å². The number of pyridine rings is 1. The zero-order valence-corrected chi connectivity index (χ0v) is 12.0. The second kappa shape index (κ2) is 5.83. The average molecular weight is 299 g/mol. The molecule has 3 nitrogen and oxygen atoms in total. The Balaban J connectivity index is 1.96. The van der Waals surface area contributed by atoms with Crippen molar-refractivity contribution in [3.05, 3.63) is 22.3 Å². The molecule has 1 saturated heterocycles. The van der Waals surface area contributed by atoms with Crippen LogP contribution in [0, 0.1) is 12.8 Å². The first-order valence-electron chi connectivity index (χ1n) is 6.13. The predicted molar refractivity (Wildman–Crippen MR) is 73.3 cm³/mol. The molecule has 0 bridgehead atoms. The van der Waals surface area contributed by atoms with Crippen LogP contribution in [0.5, 0.6) is 0 Å². The number of aryl methyl sites for hydroxylation is 1. The highest BCUT2D eigenvalue weighted by Gasteiger charge is 2.20. The van der Waals surface area contributed by atoms with E-state index in [0.29, 0.717) is 12.0 Å². The van der Waals surface area contributed by atoms with Gasteiger partial charge in [-0.15, -0.1) is 0 Å². The first kappa shape index (κ1) is 12.8. The molecular formula is C13H19BrN2O. The topological polar surface area (TPSA) is 34.1 Å². The van der Waals surface area contributed by atoms with Crippen molar-refractivity contribution in [1.29, 1.82) is 0 Å². The summed E-state index contributed by atoms with van der Waals surface area (Å²) in [5, 5.41) is 3.49. The number of halogens is 1. The van der Waals surface area contributed by atoms with Gasteiger partial charge in [-0.25, -0.2) is 4.98 Å². The average Bonchev–Trinajstić information content (AvgIpc) is 2.35. The van der Waals surface area contributed by atoms with Crippen molar-refractivity contribution in [3.8, 4) is 0 Å². The summed E-state index contributed by atoms with van der Waals surface area (Å²) in [6, 6.07) is 2.53. The molecule has 17 heavy (non-hydrogen) atoms. The Morgan fingerprint density at radius 2 is 2.18 bits per heavy atom. The quantitative estimate of drug-likeness (QED) is 0.929. The number of nitrogens with one attached hydrogen (secondary N) is 1. The van der Waals surface area contributed by atoms with Gasteiger partial charge < -0.3 is 10.1 Å². The molecule has 0 amide bonds. The van der Waals surface area contributed by atoms with E-state index in [0.717, 1.165) is 36.3 Å². The van der Waals surface area contributed by atoms with Crippen LogP contribution in [0.15, 0.2) is 16.7 Å². The predicted octanol–water partition coefficient (Wildman–Crippen LogP) is 3.38. The number of rotatable bonds is 3. The van der Waals surface area contributed by atoms with E-state index in [1.54, 1.807) is 0 Å². The van der Waals surface area contributed by atoms with Crippen LogP contribution in [-0.4, -0.2) is 24.2 Å². The van der Waals surface area contributed by atoms with E-state index in [1.165, 1.54) is 5.56 Å². The first-order valence-corrected chi connectivity index (χ1v) is 6.92. The summed E-state index contributed by atoms with van der Waals surface area (Å²) < 4.78 is 6.44. The van der Waals surface area contributed by atoms with Gasteiger partial charge in [0, 0.05) is 29.9 Å². The fourth-order valence-corrected chi connectivity index (χ4v) is 2.40. The van der Waals surface area contributed by atoms with Crippen molar-refractivity contribution in [2.45, 2.75) is 32.7 Å². The highest BCUT2D eigenvalue weighted by Crippen LogP contribution is 2.23. The molecule has 0 saturated carbocycles. The minimum atomic E-state index is 0.451. The fourth-order valence-electron chi connectivity index (χ4n) is 2.19. The fraction of sp³-hybridized carbons (Fsp3) is 0.615. The van der Waals surface area contributed by atoms with Crippen LogP contribution in [0.2, 0.25) is 0 Å². The normalized spacial score (nSPS) is 19.0. The zero-order valence-electron chi connectivity index (χ0n) is 10.4. The van der Waals surface area contributed by atoms with Crippen molar-refractivity contribution in [1.82, 2.24) is 4.98 Å². The summed E-state index contributed by atoms with van der Waals surface area (Å²) in [7, 11) is 0. The van der Waals surface area contributed by atoms with E-state index < -0.39 is 0 Å². The van der Waals surface area contributed by atoms with Crippen LogP contribution < -0.4 is 5.32 Å². The summed E-state index contributed by atoms with van der Waals surface area (Å²) >= 11 is 3.47. The molecule has 1 aromatic rings. The van der Waals surface area contributed by atoms with Gasteiger partial charge in [-0.3, -0.25) is 0 Å². The summed E-state index contributed by atoms with van der Waals surface area (Å²) in [6.07, 6.45) is 4.14. The summed E-state index contributed by atoms with van der Waals surface area (Å²) in [5.41, 5.74) is 1.21. The van der Waals surface area contributed by atoms with Gasteiger partial charge in [0.25, 0.3) is 0 Å². The van der Waals surface area contributed by atoms with E-state index in [2.05, 4.69) is 46.1 Å². The van der Waals surface area contributed by atoms with Crippen LogP contribution >= 0.6 is 15.9 Å². The maximum atomic E-state index is 5.39. The molecule has 0 aliphatic carbocycles. The summed E-state index contributed by atoms with van der Waals surface area (Å²) in [5.74, 6) is 1.65. The molecule has 1 aliphatic rings. The smallest absolute Gasteiger partial charge is 0.126 e. The second-order valence-corrected chi connectivity index (χ2v) is 5.56. The third kappa shape index (κ3) is 3.42. The molecule has 1 fully saturated rings. The van der Waals surface area contributed by atoms with Crippen molar-refractivity contribution < 1.29 is 4.74 Å². The van der Waals surface area contributed by atoms with Crippen molar-refractivity contribution >= 4 is 21.7 Å². The lowest BCUT2D eigenvalue weighted by Crippen LogP contribution is -2.31. The van der Waals surface area contributed by atoms with Crippen molar-refractivity contribution in [2.75, 3.05) is 18.5 Å². The number of ether oxygens (including phenoxy) is 1. The Bertz CT molecular complexity index is 378. The molecule has 1 unspecified atom stereocenters. The van der Waals surface area contributed by atoms with Crippen LogP contribution in [0.4, 0.5) is 5.82 Å². The minimum absolute atomic E-state index is 0.451. The molecule has 1 N–H and O–H groups in total. The molecule has 0 spiro atoms. The van der Waals surface area contributed by atoms with Crippen LogP contribution in [0.1, 0.15) is 25.3 Å². The SMILES string of the molecule is Cc1cc(NC(C)C2CCOCC2)ncc1Br. The number of aromatic nitrogens is 1. The van der Waals surface area contributed by atoms with E-state index in [1.807, 2.05) is 6.20 Å². The van der Waals surface area contributed by atoms with Gasteiger partial charge in [0.15, 0.2) is 0 Å². The van der Waals surface area contributed by atoms with Crippen molar-refractivity contribution in [2.24, 2.45) is 5.92 Å². The third-order valence-electron chi connectivity index (χ3n) is 3.40. The maximum absolute atomic E-state index is 5.39. The molecule has 1 atom stereocenters. The van der Waals surface area contributed by atoms with Gasteiger partial charge in [0.1, 0.15) is 5.82 Å². The molecular weight excluding hydrogens is 280 g/mol. The Morgan fingerprint density at radius 3 is 2.82 bits per heavy atom. The van der Waals surface area contributed by atoms with Gasteiger partial charge in [-0.05, 0) is 60.2 Å². The Kier molecular flexibility index (Phi) is 4.40. The summed E-state index contributed by atoms with van der Waals surface area (Å²) in [4.78, 5) is 4.38. The molecule has 4 heteroatoms. The summed E-state index contributed by atoms with van der Waals surface area (Å²) in [6.45, 7) is 6.10. The lowest BCUT2D eigenvalue weighted by molar-refractivity contribution is 0.0622. The van der Waals surface area contributed by atoms with E-state index in [-0.39, 0.29) is 0 Å². The van der Waals surface area contributed by atoms with Gasteiger partial charge in [-0.1, -0.05) is 0 Å². The monoisotopic (exact) mass is 298 g/mol. The van der Waals surface area contributed by atoms with E-state index in [9.17, 15) is 0 Å². The highest BCUT2D eigenvalue weighted by atomic mass is 79.9. The Morgan fingerprint density at radius 1 is 1.47 bits per heavy atom. The number of hydrogen-bond acceptors (Lipinski definition) is 3. The number of anilines is 1. The lowest BCUT2D eigenvalue weighted by atomic mass is 9.93. The molecule has 0 aromatic carbocycles. The lowest BCUT2D eigenvalue weighted by Gasteiger charge is -2.28.